The summed E-state index contributed by atoms with van der Waals surface area (Å²) < 4.78 is 10.8. The summed E-state index contributed by atoms with van der Waals surface area (Å²) in [4.78, 5) is 38.5. The van der Waals surface area contributed by atoms with Crippen LogP contribution < -0.4 is 15.4 Å². The number of unbranched alkanes of at least 4 members (excludes halogenated alkanes) is 1. The third-order valence-corrected chi connectivity index (χ3v) is 4.63. The topological polar surface area (TPSA) is 97.0 Å². The van der Waals surface area contributed by atoms with Crippen molar-refractivity contribution in [2.45, 2.75) is 46.1 Å². The lowest BCUT2D eigenvalue weighted by molar-refractivity contribution is -0.149. The van der Waals surface area contributed by atoms with Gasteiger partial charge in [0.2, 0.25) is 11.8 Å². The van der Waals surface area contributed by atoms with Gasteiger partial charge in [0.05, 0.1) is 26.2 Å². The molecule has 1 aromatic carbocycles. The average molecular weight is 420 g/mol. The van der Waals surface area contributed by atoms with Gasteiger partial charge in [-0.25, -0.2) is 0 Å². The number of ether oxygens (including phenoxy) is 2. The van der Waals surface area contributed by atoms with Gasteiger partial charge in [0.15, 0.2) is 0 Å². The third kappa shape index (κ3) is 8.02. The third-order valence-electron chi connectivity index (χ3n) is 4.63. The Balaban J connectivity index is 1.88. The molecule has 0 radical (unpaired) electrons. The number of piperazine rings is 1. The monoisotopic (exact) mass is 419 g/mol. The molecule has 2 amide bonds. The predicted molar refractivity (Wildman–Crippen MR) is 114 cm³/mol. The van der Waals surface area contributed by atoms with Crippen molar-refractivity contribution in [3.8, 4) is 5.75 Å². The quantitative estimate of drug-likeness (QED) is 0.422. The highest BCUT2D eigenvalue weighted by Gasteiger charge is 2.33. The molecule has 30 heavy (non-hydrogen) atoms. The van der Waals surface area contributed by atoms with E-state index < -0.39 is 12.0 Å². The number of hydrogen-bond donors (Lipinski definition) is 2. The van der Waals surface area contributed by atoms with Gasteiger partial charge in [0.25, 0.3) is 0 Å². The average Bonchev–Trinajstić information content (AvgIpc) is 2.70. The van der Waals surface area contributed by atoms with Crippen LogP contribution in [-0.2, 0) is 19.1 Å². The van der Waals surface area contributed by atoms with Crippen LogP contribution >= 0.6 is 0 Å². The highest BCUT2D eigenvalue weighted by Crippen LogP contribution is 2.17. The van der Waals surface area contributed by atoms with Gasteiger partial charge in [0, 0.05) is 18.8 Å². The van der Waals surface area contributed by atoms with Crippen molar-refractivity contribution in [3.63, 3.8) is 0 Å². The van der Waals surface area contributed by atoms with Crippen LogP contribution in [0.25, 0.3) is 0 Å². The van der Waals surface area contributed by atoms with E-state index in [1.165, 1.54) is 0 Å². The summed E-state index contributed by atoms with van der Waals surface area (Å²) in [6.45, 7) is 8.09. The summed E-state index contributed by atoms with van der Waals surface area (Å²) in [5.41, 5.74) is 0.647. The van der Waals surface area contributed by atoms with Crippen molar-refractivity contribution in [1.29, 1.82) is 0 Å². The second-order valence-electron chi connectivity index (χ2n) is 7.83. The summed E-state index contributed by atoms with van der Waals surface area (Å²) in [5, 5.41) is 5.58. The van der Waals surface area contributed by atoms with Gasteiger partial charge < -0.3 is 20.1 Å². The lowest BCUT2D eigenvalue weighted by Crippen LogP contribution is -2.57. The lowest BCUT2D eigenvalue weighted by atomic mass is 10.1. The molecule has 1 atom stereocenters. The van der Waals surface area contributed by atoms with E-state index >= 15 is 0 Å². The van der Waals surface area contributed by atoms with Crippen LogP contribution in [0.5, 0.6) is 5.75 Å². The van der Waals surface area contributed by atoms with E-state index in [-0.39, 0.29) is 24.8 Å². The molecule has 0 bridgehead atoms. The molecule has 1 fully saturated rings. The fourth-order valence-electron chi connectivity index (χ4n) is 3.00. The Hall–Kier alpha value is -2.61. The molecule has 166 valence electrons. The maximum atomic E-state index is 12.5. The molecule has 1 unspecified atom stereocenters. The number of anilines is 1. The van der Waals surface area contributed by atoms with Crippen LogP contribution in [0.1, 0.15) is 40.0 Å². The van der Waals surface area contributed by atoms with Crippen LogP contribution in [0.3, 0.4) is 0 Å². The molecule has 1 aromatic rings. The predicted octanol–water partition coefficient (Wildman–Crippen LogP) is 2.19. The van der Waals surface area contributed by atoms with Gasteiger partial charge in [0.1, 0.15) is 11.8 Å². The van der Waals surface area contributed by atoms with Crippen molar-refractivity contribution >= 4 is 23.5 Å². The number of hydrogen-bond acceptors (Lipinski definition) is 6. The van der Waals surface area contributed by atoms with Gasteiger partial charge in [-0.3, -0.25) is 19.3 Å². The van der Waals surface area contributed by atoms with Crippen LogP contribution in [-0.4, -0.2) is 61.6 Å². The maximum Gasteiger partial charge on any atom is 0.307 e. The molecule has 8 nitrogen and oxygen atoms in total. The summed E-state index contributed by atoms with van der Waals surface area (Å²) in [6.07, 6.45) is 1.65. The Kier molecular flexibility index (Phi) is 9.60. The van der Waals surface area contributed by atoms with E-state index in [2.05, 4.69) is 24.5 Å². The molecule has 2 N–H and O–H groups in total. The first kappa shape index (κ1) is 23.7. The first-order valence-electron chi connectivity index (χ1n) is 10.6. The smallest absolute Gasteiger partial charge is 0.307 e. The first-order chi connectivity index (χ1) is 14.4. The summed E-state index contributed by atoms with van der Waals surface area (Å²) >= 11 is 0. The number of amides is 2. The zero-order chi connectivity index (χ0) is 21.9. The minimum atomic E-state index is -0.703. The van der Waals surface area contributed by atoms with Crippen LogP contribution in [0.4, 0.5) is 5.69 Å². The largest absolute Gasteiger partial charge is 0.493 e. The molecule has 0 aromatic heterocycles. The molecule has 1 aliphatic rings. The summed E-state index contributed by atoms with van der Waals surface area (Å²) in [5.74, 6) is 0.255. The summed E-state index contributed by atoms with van der Waals surface area (Å²) in [6, 6.07) is 6.46. The van der Waals surface area contributed by atoms with E-state index in [4.69, 9.17) is 9.47 Å². The standard InChI is InChI=1S/C22H33N3O5/c1-4-5-12-29-21(27)13-19-22(28)23-10-11-25(19)14-20(26)24-17-6-8-18(9-7-17)30-15-16(2)3/h6-9,16,19H,4-5,10-15H2,1-3H3,(H,23,28)(H,24,26). The summed E-state index contributed by atoms with van der Waals surface area (Å²) in [7, 11) is 0. The number of carbonyl (C=O) groups excluding carboxylic acids is 3. The fourth-order valence-corrected chi connectivity index (χ4v) is 3.00. The molecular formula is C22H33N3O5. The second kappa shape index (κ2) is 12.2. The Morgan fingerprint density at radius 2 is 2.00 bits per heavy atom. The van der Waals surface area contributed by atoms with E-state index in [9.17, 15) is 14.4 Å². The first-order valence-corrected chi connectivity index (χ1v) is 10.6. The van der Waals surface area contributed by atoms with Gasteiger partial charge >= 0.3 is 5.97 Å². The highest BCUT2D eigenvalue weighted by atomic mass is 16.5. The molecule has 8 heteroatoms. The van der Waals surface area contributed by atoms with Crippen molar-refractivity contribution in [1.82, 2.24) is 10.2 Å². The zero-order valence-corrected chi connectivity index (χ0v) is 18.1. The molecule has 2 rings (SSSR count). The minimum absolute atomic E-state index is 0.0198. The van der Waals surface area contributed by atoms with E-state index in [0.717, 1.165) is 18.6 Å². The number of benzene rings is 1. The Labute approximate surface area is 178 Å². The van der Waals surface area contributed by atoms with Gasteiger partial charge in [-0.05, 0) is 36.6 Å². The van der Waals surface area contributed by atoms with Gasteiger partial charge in [-0.15, -0.1) is 0 Å². The highest BCUT2D eigenvalue weighted by molar-refractivity contribution is 5.93. The van der Waals surface area contributed by atoms with E-state index in [0.29, 0.717) is 37.9 Å². The molecule has 1 aliphatic heterocycles. The van der Waals surface area contributed by atoms with E-state index in [1.54, 1.807) is 29.2 Å². The maximum absolute atomic E-state index is 12.5. The molecule has 0 saturated carbocycles. The number of nitrogens with zero attached hydrogens (tertiary/aromatic N) is 1. The fraction of sp³-hybridized carbons (Fsp3) is 0.591. The van der Waals surface area contributed by atoms with Gasteiger partial charge in [-0.2, -0.15) is 0 Å². The molecule has 1 saturated heterocycles. The van der Waals surface area contributed by atoms with Crippen molar-refractivity contribution in [3.05, 3.63) is 24.3 Å². The normalized spacial score (nSPS) is 16.8. The number of rotatable bonds is 11. The molecule has 1 heterocycles. The SMILES string of the molecule is CCCCOC(=O)CC1C(=O)NCCN1CC(=O)Nc1ccc(OCC(C)C)cc1. The second-order valence-corrected chi connectivity index (χ2v) is 7.83. The number of carbonyl (C=O) groups is 3. The molecule has 0 spiro atoms. The van der Waals surface area contributed by atoms with Crippen LogP contribution in [0.2, 0.25) is 0 Å². The number of nitrogens with one attached hydrogen (secondary N) is 2. The van der Waals surface area contributed by atoms with Crippen molar-refractivity contribution in [2.24, 2.45) is 5.92 Å². The van der Waals surface area contributed by atoms with Crippen LogP contribution in [0, 0.1) is 5.92 Å². The zero-order valence-electron chi connectivity index (χ0n) is 18.1. The molecule has 0 aliphatic carbocycles. The van der Waals surface area contributed by atoms with Crippen LogP contribution in [0.15, 0.2) is 24.3 Å². The Morgan fingerprint density at radius 3 is 2.67 bits per heavy atom. The Morgan fingerprint density at radius 1 is 1.27 bits per heavy atom. The van der Waals surface area contributed by atoms with E-state index in [1.807, 2.05) is 6.92 Å². The minimum Gasteiger partial charge on any atom is -0.493 e. The van der Waals surface area contributed by atoms with Crippen molar-refractivity contribution in [2.75, 3.05) is 38.2 Å². The Bertz CT molecular complexity index is 705. The lowest BCUT2D eigenvalue weighted by Gasteiger charge is -2.33. The number of esters is 1. The molecular weight excluding hydrogens is 386 g/mol. The van der Waals surface area contributed by atoms with Gasteiger partial charge in [-0.1, -0.05) is 27.2 Å². The van der Waals surface area contributed by atoms with Crippen molar-refractivity contribution < 1.29 is 23.9 Å².